The molecule has 1 aromatic carbocycles. The molecule has 0 atom stereocenters. The number of nitrogens with zero attached hydrogens (tertiary/aromatic N) is 3. The van der Waals surface area contributed by atoms with Crippen LogP contribution in [-0.4, -0.2) is 21.0 Å². The van der Waals surface area contributed by atoms with Gasteiger partial charge in [0.05, 0.1) is 6.20 Å². The van der Waals surface area contributed by atoms with E-state index in [1.54, 1.807) is 30.5 Å². The Balaban J connectivity index is 1.72. The van der Waals surface area contributed by atoms with Crippen LogP contribution in [0.5, 0.6) is 0 Å². The van der Waals surface area contributed by atoms with E-state index < -0.39 is 0 Å². The molecule has 0 saturated carbocycles. The third-order valence-corrected chi connectivity index (χ3v) is 3.04. The number of hydrogen-bond donors (Lipinski definition) is 1. The summed E-state index contributed by atoms with van der Waals surface area (Å²) in [5.74, 6) is 1.01. The molecule has 0 spiro atoms. The molecule has 0 aliphatic carbocycles. The highest BCUT2D eigenvalue weighted by Crippen LogP contribution is 2.19. The number of carbonyl (C=O) groups excluding carboxylic acids is 1. The van der Waals surface area contributed by atoms with Gasteiger partial charge in [-0.15, -0.1) is 0 Å². The number of carbonyl (C=O) groups is 1. The van der Waals surface area contributed by atoms with E-state index in [0.29, 0.717) is 17.1 Å². The summed E-state index contributed by atoms with van der Waals surface area (Å²) in [4.78, 5) is 20.1. The summed E-state index contributed by atoms with van der Waals surface area (Å²) in [5.41, 5.74) is 1.32. The van der Waals surface area contributed by atoms with E-state index in [1.807, 2.05) is 13.8 Å². The van der Waals surface area contributed by atoms with Gasteiger partial charge in [-0.2, -0.15) is 4.98 Å². The Labute approximate surface area is 126 Å². The van der Waals surface area contributed by atoms with Crippen molar-refractivity contribution in [3.05, 3.63) is 48.2 Å². The van der Waals surface area contributed by atoms with Gasteiger partial charge in [0.1, 0.15) is 0 Å². The Hall–Kier alpha value is -2.96. The van der Waals surface area contributed by atoms with Crippen molar-refractivity contribution in [2.24, 2.45) is 0 Å². The van der Waals surface area contributed by atoms with E-state index in [0.717, 1.165) is 5.56 Å². The fraction of sp³-hybridized carbons (Fsp3) is 0.200. The molecule has 0 aliphatic rings. The summed E-state index contributed by atoms with van der Waals surface area (Å²) in [5, 5.41) is 6.36. The number of amides is 1. The van der Waals surface area contributed by atoms with E-state index >= 15 is 0 Å². The lowest BCUT2D eigenvalue weighted by Crippen LogP contribution is -2.12. The second-order valence-corrected chi connectivity index (χ2v) is 5.01. The van der Waals surface area contributed by atoms with E-state index in [1.165, 1.54) is 6.39 Å². The smallest absolute Gasteiger partial charge is 0.328 e. The van der Waals surface area contributed by atoms with Crippen molar-refractivity contribution in [1.82, 2.24) is 15.1 Å². The van der Waals surface area contributed by atoms with Crippen LogP contribution in [0.1, 0.15) is 35.9 Å². The molecule has 1 amide bonds. The summed E-state index contributed by atoms with van der Waals surface area (Å²) in [7, 11) is 0. The molecule has 7 heteroatoms. The predicted octanol–water partition coefficient (Wildman–Crippen LogP) is 3.10. The number of rotatable bonds is 4. The lowest BCUT2D eigenvalue weighted by molar-refractivity contribution is 0.102. The number of benzene rings is 1. The molecule has 0 bridgehead atoms. The molecule has 0 radical (unpaired) electrons. The molecular formula is C15H14N4O3. The lowest BCUT2D eigenvalue weighted by atomic mass is 10.1. The first-order valence-electron chi connectivity index (χ1n) is 6.77. The molecular weight excluding hydrogens is 284 g/mol. The van der Waals surface area contributed by atoms with Gasteiger partial charge in [-0.05, 0) is 12.1 Å². The first-order valence-corrected chi connectivity index (χ1v) is 6.77. The van der Waals surface area contributed by atoms with Crippen LogP contribution in [-0.2, 0) is 0 Å². The van der Waals surface area contributed by atoms with Crippen LogP contribution in [0.3, 0.4) is 0 Å². The number of hydrogen-bond acceptors (Lipinski definition) is 6. The van der Waals surface area contributed by atoms with Crippen LogP contribution in [0, 0.1) is 0 Å². The first kappa shape index (κ1) is 14.0. The van der Waals surface area contributed by atoms with Crippen molar-refractivity contribution < 1.29 is 13.7 Å². The molecule has 0 aliphatic heterocycles. The molecule has 0 unspecified atom stereocenters. The standard InChI is InChI=1S/C15H14N4O3/c1-9(2)13-17-15(22-19-13)18-14(20)11-5-3-10(4-6-11)12-7-16-8-21-12/h3-9H,1-2H3,(H,17,18,19,20). The maximum Gasteiger partial charge on any atom is 0.328 e. The third kappa shape index (κ3) is 2.88. The maximum atomic E-state index is 12.1. The summed E-state index contributed by atoms with van der Waals surface area (Å²) in [6.45, 7) is 3.89. The number of aromatic nitrogens is 3. The highest BCUT2D eigenvalue weighted by molar-refractivity contribution is 6.03. The lowest BCUT2D eigenvalue weighted by Gasteiger charge is -2.01. The monoisotopic (exact) mass is 298 g/mol. The quantitative estimate of drug-likeness (QED) is 0.795. The van der Waals surface area contributed by atoms with Crippen molar-refractivity contribution in [3.63, 3.8) is 0 Å². The van der Waals surface area contributed by atoms with Crippen molar-refractivity contribution in [2.75, 3.05) is 5.32 Å². The topological polar surface area (TPSA) is 94.1 Å². The van der Waals surface area contributed by atoms with Gasteiger partial charge in [0.15, 0.2) is 18.0 Å². The van der Waals surface area contributed by atoms with E-state index in [2.05, 4.69) is 20.4 Å². The molecule has 0 fully saturated rings. The van der Waals surface area contributed by atoms with E-state index in [-0.39, 0.29) is 17.8 Å². The van der Waals surface area contributed by atoms with Crippen molar-refractivity contribution in [2.45, 2.75) is 19.8 Å². The Bertz CT molecular complexity index is 760. The minimum Gasteiger partial charge on any atom is -0.444 e. The Morgan fingerprint density at radius 2 is 2.00 bits per heavy atom. The molecule has 3 aromatic rings. The van der Waals surface area contributed by atoms with Crippen LogP contribution in [0.25, 0.3) is 11.3 Å². The molecule has 2 aromatic heterocycles. The van der Waals surface area contributed by atoms with Gasteiger partial charge in [-0.1, -0.05) is 31.1 Å². The minimum atomic E-state index is -0.317. The molecule has 0 saturated heterocycles. The highest BCUT2D eigenvalue weighted by Gasteiger charge is 2.13. The Morgan fingerprint density at radius 3 is 2.59 bits per heavy atom. The predicted molar refractivity (Wildman–Crippen MR) is 78.3 cm³/mol. The molecule has 22 heavy (non-hydrogen) atoms. The Kier molecular flexibility index (Phi) is 3.69. The highest BCUT2D eigenvalue weighted by atomic mass is 16.5. The maximum absolute atomic E-state index is 12.1. The van der Waals surface area contributed by atoms with E-state index in [9.17, 15) is 4.79 Å². The van der Waals surface area contributed by atoms with Crippen molar-refractivity contribution >= 4 is 11.9 Å². The van der Waals surface area contributed by atoms with Gasteiger partial charge in [-0.3, -0.25) is 10.1 Å². The number of anilines is 1. The van der Waals surface area contributed by atoms with E-state index in [4.69, 9.17) is 8.94 Å². The molecule has 3 rings (SSSR count). The van der Waals surface area contributed by atoms with Gasteiger partial charge in [0.25, 0.3) is 5.91 Å². The van der Waals surface area contributed by atoms with Crippen molar-refractivity contribution in [1.29, 1.82) is 0 Å². The van der Waals surface area contributed by atoms with Crippen LogP contribution < -0.4 is 5.32 Å². The average Bonchev–Trinajstić information content (AvgIpc) is 3.19. The van der Waals surface area contributed by atoms with Gasteiger partial charge >= 0.3 is 6.01 Å². The SMILES string of the molecule is CC(C)c1noc(NC(=O)c2ccc(-c3cnco3)cc2)n1. The second-order valence-electron chi connectivity index (χ2n) is 5.01. The molecule has 1 N–H and O–H groups in total. The Morgan fingerprint density at radius 1 is 1.23 bits per heavy atom. The normalized spacial score (nSPS) is 10.9. The minimum absolute atomic E-state index is 0.0908. The number of oxazole rings is 1. The van der Waals surface area contributed by atoms with Crippen LogP contribution in [0.4, 0.5) is 6.01 Å². The molecule has 7 nitrogen and oxygen atoms in total. The molecule has 2 heterocycles. The van der Waals surface area contributed by atoms with Gasteiger partial charge < -0.3 is 8.94 Å². The zero-order valence-corrected chi connectivity index (χ0v) is 12.1. The third-order valence-electron chi connectivity index (χ3n) is 3.04. The summed E-state index contributed by atoms with van der Waals surface area (Å²) >= 11 is 0. The second kappa shape index (κ2) is 5.80. The first-order chi connectivity index (χ1) is 10.6. The van der Waals surface area contributed by atoms with Crippen LogP contribution in [0.2, 0.25) is 0 Å². The number of nitrogens with one attached hydrogen (secondary N) is 1. The zero-order chi connectivity index (χ0) is 15.5. The molecule has 112 valence electrons. The summed E-state index contributed by atoms with van der Waals surface area (Å²) in [6, 6.07) is 7.03. The van der Waals surface area contributed by atoms with Crippen LogP contribution in [0.15, 0.2) is 45.8 Å². The largest absolute Gasteiger partial charge is 0.444 e. The van der Waals surface area contributed by atoms with Gasteiger partial charge in [-0.25, -0.2) is 4.98 Å². The zero-order valence-electron chi connectivity index (χ0n) is 12.1. The van der Waals surface area contributed by atoms with Gasteiger partial charge in [0.2, 0.25) is 0 Å². The van der Waals surface area contributed by atoms with Crippen molar-refractivity contribution in [3.8, 4) is 11.3 Å². The summed E-state index contributed by atoms with van der Waals surface area (Å²) < 4.78 is 10.2. The van der Waals surface area contributed by atoms with Gasteiger partial charge in [0, 0.05) is 17.0 Å². The summed E-state index contributed by atoms with van der Waals surface area (Å²) in [6.07, 6.45) is 2.97. The fourth-order valence-corrected chi connectivity index (χ4v) is 1.83. The average molecular weight is 298 g/mol. The fourth-order valence-electron chi connectivity index (χ4n) is 1.83. The van der Waals surface area contributed by atoms with Crippen LogP contribution >= 0.6 is 0 Å².